The van der Waals surface area contributed by atoms with Gasteiger partial charge in [-0.3, -0.25) is 0 Å². The van der Waals surface area contributed by atoms with Gasteiger partial charge in [0.05, 0.1) is 6.04 Å². The van der Waals surface area contributed by atoms with E-state index in [1.54, 1.807) is 6.92 Å². The second kappa shape index (κ2) is 5.36. The van der Waals surface area contributed by atoms with Gasteiger partial charge < -0.3 is 5.32 Å². The Labute approximate surface area is 99.9 Å². The summed E-state index contributed by atoms with van der Waals surface area (Å²) in [5.41, 5.74) is 1.88. The summed E-state index contributed by atoms with van der Waals surface area (Å²) in [5.74, 6) is 0. The molecule has 1 unspecified atom stereocenters. The average Bonchev–Trinajstić information content (AvgIpc) is 2.37. The smallest absolute Gasteiger partial charge is 0.0511 e. The van der Waals surface area contributed by atoms with Gasteiger partial charge in [0, 0.05) is 8.43 Å². The number of para-hydroxylation sites is 1. The highest BCUT2D eigenvalue weighted by molar-refractivity contribution is 5.45. The Hall–Kier alpha value is -1.76. The zero-order valence-electron chi connectivity index (χ0n) is 11.4. The standard InChI is InChI=1S/C15H17N/c1-2-15(13-9-5-3-6-10-13)16-14-11-7-4-8-12-14/h3-12,15-16H,2H2,1H3/i2D2. The summed E-state index contributed by atoms with van der Waals surface area (Å²) in [6.45, 7) is 1.60. The maximum atomic E-state index is 7.98. The SMILES string of the molecule is [2H]C([2H])(C)C(Nc1ccccc1)c1ccccc1. The molecule has 0 radical (unpaired) electrons. The Morgan fingerprint density at radius 2 is 1.56 bits per heavy atom. The Morgan fingerprint density at radius 3 is 2.12 bits per heavy atom. The van der Waals surface area contributed by atoms with Crippen molar-refractivity contribution < 1.29 is 2.74 Å². The van der Waals surface area contributed by atoms with Gasteiger partial charge in [-0.15, -0.1) is 0 Å². The molecule has 0 amide bonds. The maximum absolute atomic E-state index is 7.98. The van der Waals surface area contributed by atoms with E-state index in [2.05, 4.69) is 5.32 Å². The van der Waals surface area contributed by atoms with Gasteiger partial charge in [-0.05, 0) is 24.1 Å². The van der Waals surface area contributed by atoms with Crippen LogP contribution in [-0.2, 0) is 0 Å². The molecule has 0 aromatic heterocycles. The lowest BCUT2D eigenvalue weighted by Gasteiger charge is -2.18. The van der Waals surface area contributed by atoms with Crippen molar-refractivity contribution in [1.82, 2.24) is 0 Å². The lowest BCUT2D eigenvalue weighted by atomic mass is 10.0. The molecule has 0 fully saturated rings. The third kappa shape index (κ3) is 2.63. The van der Waals surface area contributed by atoms with Gasteiger partial charge in [-0.25, -0.2) is 0 Å². The predicted octanol–water partition coefficient (Wildman–Crippen LogP) is 4.25. The van der Waals surface area contributed by atoms with Crippen molar-refractivity contribution in [2.75, 3.05) is 5.32 Å². The normalized spacial score (nSPS) is 14.8. The van der Waals surface area contributed by atoms with Gasteiger partial charge in [0.1, 0.15) is 0 Å². The monoisotopic (exact) mass is 213 g/mol. The molecule has 16 heavy (non-hydrogen) atoms. The van der Waals surface area contributed by atoms with Crippen LogP contribution in [0.3, 0.4) is 0 Å². The lowest BCUT2D eigenvalue weighted by molar-refractivity contribution is 0.749. The minimum Gasteiger partial charge on any atom is -0.378 e. The summed E-state index contributed by atoms with van der Waals surface area (Å²) < 4.78 is 16.0. The molecule has 0 heterocycles. The summed E-state index contributed by atoms with van der Waals surface area (Å²) >= 11 is 0. The van der Waals surface area contributed by atoms with Crippen LogP contribution in [0.2, 0.25) is 0 Å². The summed E-state index contributed by atoms with van der Waals surface area (Å²) in [4.78, 5) is 0. The molecule has 82 valence electrons. The zero-order valence-corrected chi connectivity index (χ0v) is 9.35. The summed E-state index contributed by atoms with van der Waals surface area (Å²) in [5, 5.41) is 3.26. The molecule has 0 saturated heterocycles. The molecule has 0 aliphatic carbocycles. The number of nitrogens with one attached hydrogen (secondary N) is 1. The van der Waals surface area contributed by atoms with E-state index >= 15 is 0 Å². The fraction of sp³-hybridized carbons (Fsp3) is 0.200. The van der Waals surface area contributed by atoms with Gasteiger partial charge in [0.2, 0.25) is 0 Å². The van der Waals surface area contributed by atoms with Crippen molar-refractivity contribution in [3.8, 4) is 0 Å². The second-order valence-electron chi connectivity index (χ2n) is 3.64. The molecule has 0 spiro atoms. The van der Waals surface area contributed by atoms with Crippen molar-refractivity contribution in [2.45, 2.75) is 19.3 Å². The molecule has 2 rings (SSSR count). The molecule has 2 aromatic carbocycles. The molecule has 0 bridgehead atoms. The lowest BCUT2D eigenvalue weighted by Crippen LogP contribution is -2.09. The molecular formula is C15H17N. The molecule has 1 atom stereocenters. The Kier molecular flexibility index (Phi) is 2.81. The third-order valence-electron chi connectivity index (χ3n) is 2.51. The number of rotatable bonds is 4. The second-order valence-corrected chi connectivity index (χ2v) is 3.64. The van der Waals surface area contributed by atoms with Crippen LogP contribution < -0.4 is 5.32 Å². The molecule has 0 aliphatic heterocycles. The van der Waals surface area contributed by atoms with Crippen LogP contribution >= 0.6 is 0 Å². The summed E-state index contributed by atoms with van der Waals surface area (Å²) in [7, 11) is 0. The predicted molar refractivity (Wildman–Crippen MR) is 69.5 cm³/mol. The van der Waals surface area contributed by atoms with E-state index < -0.39 is 6.37 Å². The van der Waals surface area contributed by atoms with E-state index in [-0.39, 0.29) is 6.04 Å². The topological polar surface area (TPSA) is 12.0 Å². The largest absolute Gasteiger partial charge is 0.378 e. The molecule has 1 heteroatoms. The van der Waals surface area contributed by atoms with Crippen LogP contribution in [0, 0.1) is 0 Å². The van der Waals surface area contributed by atoms with Crippen molar-refractivity contribution in [2.24, 2.45) is 0 Å². The quantitative estimate of drug-likeness (QED) is 0.800. The fourth-order valence-electron chi connectivity index (χ4n) is 1.67. The van der Waals surface area contributed by atoms with E-state index in [0.29, 0.717) is 0 Å². The number of benzene rings is 2. The van der Waals surface area contributed by atoms with Crippen molar-refractivity contribution in [3.63, 3.8) is 0 Å². The molecule has 0 aliphatic rings. The van der Waals surface area contributed by atoms with Gasteiger partial charge in [-0.2, -0.15) is 0 Å². The molecular weight excluding hydrogens is 194 g/mol. The highest BCUT2D eigenvalue weighted by atomic mass is 14.9. The molecule has 0 saturated carbocycles. The molecule has 1 nitrogen and oxygen atoms in total. The van der Waals surface area contributed by atoms with Gasteiger partial charge in [-0.1, -0.05) is 55.5 Å². The minimum atomic E-state index is -1.34. The van der Waals surface area contributed by atoms with Crippen LogP contribution in [-0.4, -0.2) is 0 Å². The highest BCUT2D eigenvalue weighted by Crippen LogP contribution is 2.21. The van der Waals surface area contributed by atoms with Crippen LogP contribution in [0.4, 0.5) is 5.69 Å². The first-order valence-corrected chi connectivity index (χ1v) is 5.44. The third-order valence-corrected chi connectivity index (χ3v) is 2.51. The first kappa shape index (κ1) is 8.40. The highest BCUT2D eigenvalue weighted by Gasteiger charge is 2.07. The van der Waals surface area contributed by atoms with E-state index in [1.165, 1.54) is 0 Å². The van der Waals surface area contributed by atoms with Crippen LogP contribution in [0.15, 0.2) is 60.7 Å². The number of anilines is 1. The van der Waals surface area contributed by atoms with Crippen LogP contribution in [0.1, 0.15) is 27.6 Å². The van der Waals surface area contributed by atoms with Gasteiger partial charge in [0.15, 0.2) is 0 Å². The number of hydrogen-bond donors (Lipinski definition) is 1. The van der Waals surface area contributed by atoms with Gasteiger partial charge >= 0.3 is 0 Å². The Balaban J connectivity index is 2.28. The Morgan fingerprint density at radius 1 is 1.00 bits per heavy atom. The van der Waals surface area contributed by atoms with Crippen LogP contribution in [0.5, 0.6) is 0 Å². The Bertz CT molecular complexity index is 477. The fourth-order valence-corrected chi connectivity index (χ4v) is 1.67. The van der Waals surface area contributed by atoms with E-state index in [1.807, 2.05) is 60.7 Å². The minimum absolute atomic E-state index is 0.360. The number of hydrogen-bond acceptors (Lipinski definition) is 1. The molecule has 2 aromatic rings. The van der Waals surface area contributed by atoms with E-state index in [0.717, 1.165) is 11.3 Å². The average molecular weight is 213 g/mol. The van der Waals surface area contributed by atoms with E-state index in [9.17, 15) is 0 Å². The first-order chi connectivity index (χ1) is 8.57. The summed E-state index contributed by atoms with van der Waals surface area (Å²) in [6, 6.07) is 19.1. The van der Waals surface area contributed by atoms with Gasteiger partial charge in [0.25, 0.3) is 0 Å². The zero-order chi connectivity index (χ0) is 13.0. The van der Waals surface area contributed by atoms with Crippen LogP contribution in [0.25, 0.3) is 0 Å². The molecule has 1 N–H and O–H groups in total. The summed E-state index contributed by atoms with van der Waals surface area (Å²) in [6.07, 6.45) is -1.34. The maximum Gasteiger partial charge on any atom is 0.0511 e. The first-order valence-electron chi connectivity index (χ1n) is 6.44. The van der Waals surface area contributed by atoms with E-state index in [4.69, 9.17) is 2.74 Å². The van der Waals surface area contributed by atoms with Crippen molar-refractivity contribution in [3.05, 3.63) is 66.2 Å². The van der Waals surface area contributed by atoms with Crippen molar-refractivity contribution in [1.29, 1.82) is 0 Å². The van der Waals surface area contributed by atoms with Crippen molar-refractivity contribution >= 4 is 5.69 Å².